The molecule has 15 nitrogen and oxygen atoms in total. The second-order valence-corrected chi connectivity index (χ2v) is 18.2. The molecule has 2 N–H and O–H groups in total. The van der Waals surface area contributed by atoms with Crippen LogP contribution in [0, 0.1) is 16.7 Å². The lowest BCUT2D eigenvalue weighted by Gasteiger charge is -2.35. The zero-order valence-corrected chi connectivity index (χ0v) is 31.7. The maximum Gasteiger partial charge on any atom is 0.410 e. The smallest absolute Gasteiger partial charge is 0.410 e. The Morgan fingerprint density at radius 1 is 1.11 bits per heavy atom. The van der Waals surface area contributed by atoms with Gasteiger partial charge in [0, 0.05) is 24.9 Å². The van der Waals surface area contributed by atoms with Gasteiger partial charge in [-0.1, -0.05) is 39.0 Å². The molecule has 1 unspecified atom stereocenters. The van der Waals surface area contributed by atoms with Crippen molar-refractivity contribution in [1.82, 2.24) is 19.8 Å². The lowest BCUT2D eigenvalue weighted by Crippen LogP contribution is -2.57. The van der Waals surface area contributed by atoms with Crippen LogP contribution in [0.15, 0.2) is 24.8 Å². The minimum absolute atomic E-state index is 0.0563. The van der Waals surface area contributed by atoms with Crippen LogP contribution in [-0.2, 0) is 47.0 Å². The molecule has 6 aliphatic rings. The van der Waals surface area contributed by atoms with Gasteiger partial charge >= 0.3 is 12.2 Å². The van der Waals surface area contributed by atoms with E-state index in [1.165, 1.54) is 11.0 Å². The Balaban J connectivity index is 1.16. The predicted octanol–water partition coefficient (Wildman–Crippen LogP) is 3.93. The van der Waals surface area contributed by atoms with Crippen LogP contribution in [0.25, 0.3) is 6.08 Å². The first kappa shape index (κ1) is 37.7. The number of ketones is 1. The molecule has 1 aromatic rings. The second-order valence-electron chi connectivity index (χ2n) is 16.3. The van der Waals surface area contributed by atoms with E-state index in [9.17, 15) is 32.4 Å². The fourth-order valence-corrected chi connectivity index (χ4v) is 9.29. The third-order valence-corrected chi connectivity index (χ3v) is 13.1. The van der Waals surface area contributed by atoms with Crippen LogP contribution >= 0.6 is 0 Å². The number of allylic oxidation sites excluding steroid dienone is 2. The van der Waals surface area contributed by atoms with E-state index in [1.54, 1.807) is 25.7 Å². The standard InChI is InChI=1S/C38H48N4O11S/c1-5-23-16-38(23,34(45)40-54(48,49)25-11-12-25)17-29(43)28-15-24-19-42(28)33(44)32(37(2,3)4)39-35(46)50-13-9-7-6-8-10-26-27-20-41(36(47)53-24)18-22(27)14-30-31(26)52-21-51-30/h5,8,10,14,23-25,28,32H,1,6-7,9,11-13,15-21H2,2-4H3,(H,39,46)(H,40,45)/b10-8-/t23-,24+,28?,32+,38-/m0/s1. The average molecular weight is 769 g/mol. The molecule has 4 amide bonds. The van der Waals surface area contributed by atoms with Gasteiger partial charge < -0.3 is 29.2 Å². The van der Waals surface area contributed by atoms with Crippen molar-refractivity contribution in [2.45, 2.75) is 109 Å². The molecule has 3 fully saturated rings. The van der Waals surface area contributed by atoms with Crippen molar-refractivity contribution in [3.8, 4) is 11.5 Å². The van der Waals surface area contributed by atoms with Gasteiger partial charge in [0.25, 0.3) is 0 Å². The number of alkyl carbamates (subject to hydrolysis) is 1. The third-order valence-electron chi connectivity index (χ3n) is 11.3. The SMILES string of the molecule is C=C[C@H]1C[C@@]1(CC(=O)C1C[C@@H]2CN1C(=O)[C@H](C(C)(C)C)NC(=O)OCCCC/C=C\c1c3c(cc4c1OCO4)CN(C3)C(=O)O2)C(=O)NS(=O)(=O)C1CC1. The first-order valence-electron chi connectivity index (χ1n) is 18.6. The summed E-state index contributed by atoms with van der Waals surface area (Å²) in [7, 11) is -3.88. The van der Waals surface area contributed by atoms with Crippen LogP contribution in [0.4, 0.5) is 9.59 Å². The summed E-state index contributed by atoms with van der Waals surface area (Å²) in [6.45, 7) is 9.68. The lowest BCUT2D eigenvalue weighted by atomic mass is 9.85. The monoisotopic (exact) mass is 768 g/mol. The molecular formula is C38H48N4O11S. The Kier molecular flexibility index (Phi) is 9.94. The summed E-state index contributed by atoms with van der Waals surface area (Å²) in [5, 5.41) is 2.07. The van der Waals surface area contributed by atoms with Crippen molar-refractivity contribution in [3.63, 3.8) is 0 Å². The van der Waals surface area contributed by atoms with Crippen LogP contribution in [0.5, 0.6) is 11.5 Å². The highest BCUT2D eigenvalue weighted by molar-refractivity contribution is 7.90. The Morgan fingerprint density at radius 2 is 1.89 bits per heavy atom. The molecule has 5 atom stereocenters. The molecule has 1 saturated heterocycles. The molecule has 54 heavy (non-hydrogen) atoms. The Hall–Kier alpha value is -4.60. The zero-order chi connectivity index (χ0) is 38.6. The maximum atomic E-state index is 14.4. The fraction of sp³-hybridized carbons (Fsp3) is 0.605. The van der Waals surface area contributed by atoms with Gasteiger partial charge in [0.15, 0.2) is 17.3 Å². The van der Waals surface area contributed by atoms with E-state index in [4.69, 9.17) is 18.9 Å². The van der Waals surface area contributed by atoms with Crippen LogP contribution in [-0.4, -0.2) is 91.4 Å². The molecule has 0 spiro atoms. The summed E-state index contributed by atoms with van der Waals surface area (Å²) in [6, 6.07) is -0.385. The van der Waals surface area contributed by atoms with Gasteiger partial charge in [-0.15, -0.1) is 6.58 Å². The lowest BCUT2D eigenvalue weighted by molar-refractivity contribution is -0.142. The molecule has 2 aliphatic carbocycles. The number of cyclic esters (lactones) is 1. The van der Waals surface area contributed by atoms with Gasteiger partial charge in [0.2, 0.25) is 28.6 Å². The summed E-state index contributed by atoms with van der Waals surface area (Å²) < 4.78 is 50.6. The average Bonchev–Trinajstić information content (AvgIpc) is 3.93. The first-order chi connectivity index (χ1) is 25.6. The number of rotatable bonds is 7. The van der Waals surface area contributed by atoms with Crippen molar-refractivity contribution < 1.29 is 51.3 Å². The summed E-state index contributed by atoms with van der Waals surface area (Å²) >= 11 is 0. The summed E-state index contributed by atoms with van der Waals surface area (Å²) in [4.78, 5) is 72.0. The molecule has 7 rings (SSSR count). The summed E-state index contributed by atoms with van der Waals surface area (Å²) in [5.74, 6) is -1.08. The topological polar surface area (TPSA) is 187 Å². The largest absolute Gasteiger partial charge is 0.454 e. The number of carbonyl (C=O) groups excluding carboxylic acids is 5. The minimum atomic E-state index is -3.88. The van der Waals surface area contributed by atoms with Gasteiger partial charge in [-0.3, -0.25) is 24.0 Å². The number of nitrogens with one attached hydrogen (secondary N) is 2. The van der Waals surface area contributed by atoms with Crippen LogP contribution in [0.3, 0.4) is 0 Å². The van der Waals surface area contributed by atoms with Crippen molar-refractivity contribution in [2.75, 3.05) is 19.9 Å². The number of benzene rings is 1. The number of hydrogen-bond donors (Lipinski definition) is 2. The van der Waals surface area contributed by atoms with Crippen LogP contribution in [0.2, 0.25) is 0 Å². The van der Waals surface area contributed by atoms with Gasteiger partial charge in [0.05, 0.1) is 36.4 Å². The van der Waals surface area contributed by atoms with E-state index in [0.29, 0.717) is 37.2 Å². The number of hydrogen-bond acceptors (Lipinski definition) is 11. The van der Waals surface area contributed by atoms with Gasteiger partial charge in [-0.05, 0) is 67.1 Å². The number of fused-ring (bicyclic) bond motifs is 5. The number of sulfonamides is 1. The summed E-state index contributed by atoms with van der Waals surface area (Å²) in [6.07, 6.45) is 5.90. The normalized spacial score (nSPS) is 29.1. The fourth-order valence-electron chi connectivity index (χ4n) is 7.91. The van der Waals surface area contributed by atoms with E-state index in [2.05, 4.69) is 16.6 Å². The van der Waals surface area contributed by atoms with Crippen LogP contribution in [0.1, 0.15) is 88.8 Å². The second kappa shape index (κ2) is 14.2. The number of ether oxygens (including phenoxy) is 4. The number of nitrogens with zero attached hydrogens (tertiary/aromatic N) is 2. The first-order valence-corrected chi connectivity index (χ1v) is 20.2. The molecule has 0 aromatic heterocycles. The van der Waals surface area contributed by atoms with Crippen LogP contribution < -0.4 is 19.5 Å². The highest BCUT2D eigenvalue weighted by Crippen LogP contribution is 2.57. The van der Waals surface area contributed by atoms with E-state index < -0.39 is 80.0 Å². The Morgan fingerprint density at radius 3 is 2.59 bits per heavy atom. The van der Waals surface area contributed by atoms with Crippen molar-refractivity contribution in [3.05, 3.63) is 41.5 Å². The van der Waals surface area contributed by atoms with E-state index in [-0.39, 0.29) is 52.3 Å². The Labute approximate surface area is 314 Å². The molecule has 1 aromatic carbocycles. The molecule has 16 heteroatoms. The highest BCUT2D eigenvalue weighted by Gasteiger charge is 2.61. The van der Waals surface area contributed by atoms with E-state index in [1.807, 2.05) is 18.2 Å². The molecule has 4 aliphatic heterocycles. The maximum absolute atomic E-state index is 14.4. The predicted molar refractivity (Wildman–Crippen MR) is 193 cm³/mol. The molecule has 4 bridgehead atoms. The molecule has 2 saturated carbocycles. The number of carbonyl (C=O) groups is 5. The molecule has 4 heterocycles. The van der Waals surface area contributed by atoms with Gasteiger partial charge in [-0.2, -0.15) is 0 Å². The van der Waals surface area contributed by atoms with Gasteiger partial charge in [-0.25, -0.2) is 18.0 Å². The van der Waals surface area contributed by atoms with Crippen molar-refractivity contribution in [1.29, 1.82) is 0 Å². The molecule has 0 radical (unpaired) electrons. The minimum Gasteiger partial charge on any atom is -0.454 e. The quantitative estimate of drug-likeness (QED) is 0.383. The third kappa shape index (κ3) is 7.40. The zero-order valence-electron chi connectivity index (χ0n) is 30.9. The van der Waals surface area contributed by atoms with E-state index in [0.717, 1.165) is 23.1 Å². The number of Topliss-reactive ketones (excluding diaryl/α,β-unsaturated/α-hetero) is 1. The van der Waals surface area contributed by atoms with E-state index >= 15 is 0 Å². The van der Waals surface area contributed by atoms with Crippen molar-refractivity contribution in [2.24, 2.45) is 16.7 Å². The molecular weight excluding hydrogens is 721 g/mol. The Bertz CT molecular complexity index is 1900. The van der Waals surface area contributed by atoms with Crippen molar-refractivity contribution >= 4 is 45.9 Å². The van der Waals surface area contributed by atoms with Gasteiger partial charge in [0.1, 0.15) is 12.1 Å². The summed E-state index contributed by atoms with van der Waals surface area (Å²) in [5.41, 5.74) is 0.436. The highest BCUT2D eigenvalue weighted by atomic mass is 32.2. The number of amides is 4. The molecule has 292 valence electrons.